The first kappa shape index (κ1) is 17.0. The topological polar surface area (TPSA) is 35.5 Å². The van der Waals surface area contributed by atoms with Crippen molar-refractivity contribution in [3.8, 4) is 28.4 Å². The highest BCUT2D eigenvalue weighted by Gasteiger charge is 2.36. The van der Waals surface area contributed by atoms with Crippen LogP contribution in [0.1, 0.15) is 28.2 Å². The number of para-hydroxylation sites is 2. The summed E-state index contributed by atoms with van der Waals surface area (Å²) in [5.41, 5.74) is 6.67. The van der Waals surface area contributed by atoms with Crippen molar-refractivity contribution >= 4 is 5.97 Å². The van der Waals surface area contributed by atoms with E-state index in [2.05, 4.69) is 30.3 Å². The van der Waals surface area contributed by atoms with Crippen molar-refractivity contribution in [2.45, 2.75) is 12.3 Å². The molecule has 144 valence electrons. The molecule has 6 rings (SSSR count). The maximum Gasteiger partial charge on any atom is 0.323 e. The number of benzene rings is 4. The molecular weight excluding hydrogens is 372 g/mol. The molecule has 30 heavy (non-hydrogen) atoms. The van der Waals surface area contributed by atoms with Crippen molar-refractivity contribution < 1.29 is 14.3 Å². The summed E-state index contributed by atoms with van der Waals surface area (Å²) in [6, 6.07) is 29.9. The van der Waals surface area contributed by atoms with Gasteiger partial charge < -0.3 is 9.47 Å². The second-order valence-corrected chi connectivity index (χ2v) is 7.65. The Kier molecular flexibility index (Phi) is 3.75. The van der Waals surface area contributed by atoms with E-state index < -0.39 is 5.92 Å². The van der Waals surface area contributed by atoms with Gasteiger partial charge in [-0.15, -0.1) is 0 Å². The molecule has 4 aromatic rings. The fourth-order valence-electron chi connectivity index (χ4n) is 4.55. The van der Waals surface area contributed by atoms with Crippen LogP contribution >= 0.6 is 0 Å². The third-order valence-electron chi connectivity index (χ3n) is 5.93. The molecule has 3 nitrogen and oxygen atoms in total. The van der Waals surface area contributed by atoms with Gasteiger partial charge in [-0.1, -0.05) is 72.8 Å². The largest absolute Gasteiger partial charge is 0.457 e. The fourth-order valence-corrected chi connectivity index (χ4v) is 4.55. The lowest BCUT2D eigenvalue weighted by molar-refractivity contribution is -0.133. The van der Waals surface area contributed by atoms with E-state index in [1.807, 2.05) is 60.7 Å². The quantitative estimate of drug-likeness (QED) is 0.276. The molecule has 0 fully saturated rings. The van der Waals surface area contributed by atoms with E-state index >= 15 is 0 Å². The van der Waals surface area contributed by atoms with Crippen molar-refractivity contribution in [2.24, 2.45) is 0 Å². The zero-order chi connectivity index (χ0) is 20.1. The molecule has 1 heterocycles. The minimum atomic E-state index is -0.480. The van der Waals surface area contributed by atoms with Gasteiger partial charge in [0.05, 0.1) is 0 Å². The van der Waals surface area contributed by atoms with Crippen LogP contribution in [0, 0.1) is 0 Å². The summed E-state index contributed by atoms with van der Waals surface area (Å²) >= 11 is 0. The number of hydrogen-bond donors (Lipinski definition) is 0. The maximum absolute atomic E-state index is 12.7. The van der Waals surface area contributed by atoms with Crippen molar-refractivity contribution in [1.29, 1.82) is 0 Å². The third kappa shape index (κ3) is 2.56. The maximum atomic E-state index is 12.7. The number of esters is 1. The average molecular weight is 390 g/mol. The van der Waals surface area contributed by atoms with Crippen LogP contribution in [0.2, 0.25) is 0 Å². The summed E-state index contributed by atoms with van der Waals surface area (Å²) in [6.45, 7) is 0. The van der Waals surface area contributed by atoms with Crippen molar-refractivity contribution in [3.05, 3.63) is 113 Å². The van der Waals surface area contributed by atoms with Crippen LogP contribution in [0.15, 0.2) is 91.0 Å². The average Bonchev–Trinajstić information content (AvgIpc) is 3.32. The Balaban J connectivity index is 1.42. The lowest BCUT2D eigenvalue weighted by Crippen LogP contribution is -2.12. The lowest BCUT2D eigenvalue weighted by Gasteiger charge is -2.16. The van der Waals surface area contributed by atoms with E-state index in [0.717, 1.165) is 23.3 Å². The minimum absolute atomic E-state index is 0.266. The molecule has 4 aromatic carbocycles. The van der Waals surface area contributed by atoms with Crippen LogP contribution in [0.4, 0.5) is 0 Å². The van der Waals surface area contributed by atoms with Crippen molar-refractivity contribution in [3.63, 3.8) is 0 Å². The van der Waals surface area contributed by atoms with Gasteiger partial charge in [-0.25, -0.2) is 0 Å². The molecule has 0 amide bonds. The van der Waals surface area contributed by atoms with Gasteiger partial charge in [0.25, 0.3) is 0 Å². The van der Waals surface area contributed by atoms with Crippen LogP contribution in [0.3, 0.4) is 0 Å². The van der Waals surface area contributed by atoms with Crippen molar-refractivity contribution in [2.75, 3.05) is 0 Å². The first-order valence-electron chi connectivity index (χ1n) is 10.1. The molecule has 0 saturated carbocycles. The number of carbonyl (C=O) groups is 1. The lowest BCUT2D eigenvalue weighted by atomic mass is 9.92. The SMILES string of the molecule is O=C1Oc2ccccc2C1c1ccccc1Oc1cccc2c1Cc1ccccc1-2. The molecule has 0 bridgehead atoms. The number of fused-ring (bicyclic) bond motifs is 4. The molecule has 1 atom stereocenters. The van der Waals surface area contributed by atoms with Gasteiger partial charge >= 0.3 is 5.97 Å². The highest BCUT2D eigenvalue weighted by atomic mass is 16.5. The van der Waals surface area contributed by atoms with Gasteiger partial charge in [0.2, 0.25) is 0 Å². The molecule has 1 aliphatic heterocycles. The zero-order valence-corrected chi connectivity index (χ0v) is 16.2. The van der Waals surface area contributed by atoms with Crippen LogP contribution in [-0.2, 0) is 11.2 Å². The number of carbonyl (C=O) groups excluding carboxylic acids is 1. The Morgan fingerprint density at radius 2 is 1.40 bits per heavy atom. The van der Waals surface area contributed by atoms with Crippen LogP contribution in [-0.4, -0.2) is 5.97 Å². The molecular formula is C27H18O3. The second kappa shape index (κ2) is 6.60. The molecule has 0 spiro atoms. The van der Waals surface area contributed by atoms with Gasteiger partial charge in [-0.3, -0.25) is 4.79 Å². The monoisotopic (exact) mass is 390 g/mol. The van der Waals surface area contributed by atoms with Gasteiger partial charge in [0.1, 0.15) is 23.2 Å². The summed E-state index contributed by atoms with van der Waals surface area (Å²) in [4.78, 5) is 12.7. The summed E-state index contributed by atoms with van der Waals surface area (Å²) in [7, 11) is 0. The molecule has 1 unspecified atom stereocenters. The Bertz CT molecular complexity index is 1310. The van der Waals surface area contributed by atoms with E-state index in [9.17, 15) is 4.79 Å². The predicted molar refractivity (Wildman–Crippen MR) is 115 cm³/mol. The number of hydrogen-bond acceptors (Lipinski definition) is 3. The highest BCUT2D eigenvalue weighted by Crippen LogP contribution is 2.45. The second-order valence-electron chi connectivity index (χ2n) is 7.65. The first-order chi connectivity index (χ1) is 14.8. The summed E-state index contributed by atoms with van der Waals surface area (Å²) in [6.07, 6.45) is 0.845. The van der Waals surface area contributed by atoms with Crippen LogP contribution in [0.25, 0.3) is 11.1 Å². The molecule has 0 saturated heterocycles. The minimum Gasteiger partial charge on any atom is -0.457 e. The summed E-state index contributed by atoms with van der Waals surface area (Å²) in [5, 5.41) is 0. The van der Waals surface area contributed by atoms with E-state index in [1.54, 1.807) is 0 Å². The molecule has 3 heteroatoms. The van der Waals surface area contributed by atoms with Gasteiger partial charge in [-0.05, 0) is 34.9 Å². The van der Waals surface area contributed by atoms with Crippen molar-refractivity contribution in [1.82, 2.24) is 0 Å². The van der Waals surface area contributed by atoms with Gasteiger partial charge in [-0.2, -0.15) is 0 Å². The Labute approximate surface area is 174 Å². The van der Waals surface area contributed by atoms with E-state index in [4.69, 9.17) is 9.47 Å². The van der Waals surface area contributed by atoms with Gasteiger partial charge in [0, 0.05) is 23.1 Å². The predicted octanol–water partition coefficient (Wildman–Crippen LogP) is 6.10. The Morgan fingerprint density at radius 3 is 2.33 bits per heavy atom. The van der Waals surface area contributed by atoms with Gasteiger partial charge in [0.15, 0.2) is 0 Å². The molecule has 0 aromatic heterocycles. The zero-order valence-electron chi connectivity index (χ0n) is 16.2. The Morgan fingerprint density at radius 1 is 0.700 bits per heavy atom. The fraction of sp³-hybridized carbons (Fsp3) is 0.0741. The molecule has 2 aliphatic rings. The molecule has 0 radical (unpaired) electrons. The third-order valence-corrected chi connectivity index (χ3v) is 5.93. The smallest absolute Gasteiger partial charge is 0.323 e. The molecule has 0 N–H and O–H groups in total. The summed E-state index contributed by atoms with van der Waals surface area (Å²) < 4.78 is 12.0. The Hall–Kier alpha value is -3.85. The summed E-state index contributed by atoms with van der Waals surface area (Å²) in [5.74, 6) is 1.39. The highest BCUT2D eigenvalue weighted by molar-refractivity contribution is 5.90. The van der Waals surface area contributed by atoms with E-state index in [1.165, 1.54) is 22.3 Å². The van der Waals surface area contributed by atoms with Crippen LogP contribution in [0.5, 0.6) is 17.2 Å². The first-order valence-corrected chi connectivity index (χ1v) is 10.1. The van der Waals surface area contributed by atoms with Crippen LogP contribution < -0.4 is 9.47 Å². The van der Waals surface area contributed by atoms with E-state index in [-0.39, 0.29) is 5.97 Å². The number of rotatable bonds is 3. The molecule has 1 aliphatic carbocycles. The standard InChI is InChI=1S/C27H18O3/c28-27-26(21-11-4-6-14-24(21)30-27)20-10-3-5-13-23(20)29-25-15-7-12-19-18-9-2-1-8-17(18)16-22(19)25/h1-15,26H,16H2. The number of ether oxygens (including phenoxy) is 2. The van der Waals surface area contributed by atoms with E-state index in [0.29, 0.717) is 11.5 Å². The normalized spacial score (nSPS) is 15.9.